The lowest BCUT2D eigenvalue weighted by molar-refractivity contribution is 0.525. The Morgan fingerprint density at radius 1 is 1.22 bits per heavy atom. The van der Waals surface area contributed by atoms with Crippen LogP contribution < -0.4 is 9.62 Å². The molecule has 6 nitrogen and oxygen atoms in total. The van der Waals surface area contributed by atoms with E-state index >= 15 is 0 Å². The predicted octanol–water partition coefficient (Wildman–Crippen LogP) is 3.05. The highest BCUT2D eigenvalue weighted by molar-refractivity contribution is 7.89. The van der Waals surface area contributed by atoms with E-state index in [9.17, 15) is 17.2 Å². The van der Waals surface area contributed by atoms with Crippen LogP contribution in [0.2, 0.25) is 0 Å². The molecule has 0 spiro atoms. The monoisotopic (exact) mass is 393 g/mol. The standard InChI is InChI=1S/C18H17F2N3O3S/c19-12-7-8-14(20)17(10-12)27(24,25)21-11-13-4-3-9-23(13)18-22-15-5-1-2-6-16(15)26-18/h1-2,5-8,10,13,21H,3-4,9,11H2. The second kappa shape index (κ2) is 6.90. The summed E-state index contributed by atoms with van der Waals surface area (Å²) in [6, 6.07) is 9.93. The fourth-order valence-electron chi connectivity index (χ4n) is 3.25. The summed E-state index contributed by atoms with van der Waals surface area (Å²) in [6.45, 7) is 0.713. The normalized spacial score (nSPS) is 17.7. The number of halogens is 2. The Hall–Kier alpha value is -2.52. The zero-order valence-electron chi connectivity index (χ0n) is 14.2. The highest BCUT2D eigenvalue weighted by atomic mass is 32.2. The molecule has 1 aliphatic heterocycles. The number of aromatic nitrogens is 1. The van der Waals surface area contributed by atoms with Crippen molar-refractivity contribution in [1.82, 2.24) is 9.71 Å². The van der Waals surface area contributed by atoms with Gasteiger partial charge in [0.1, 0.15) is 22.0 Å². The van der Waals surface area contributed by atoms with E-state index in [1.165, 1.54) is 0 Å². The molecule has 0 aliphatic carbocycles. The number of para-hydroxylation sites is 2. The zero-order valence-corrected chi connectivity index (χ0v) is 15.0. The van der Waals surface area contributed by atoms with Gasteiger partial charge in [-0.1, -0.05) is 12.1 Å². The summed E-state index contributed by atoms with van der Waals surface area (Å²) in [7, 11) is -4.17. The Bertz CT molecular complexity index is 1050. The van der Waals surface area contributed by atoms with Crippen LogP contribution in [0.5, 0.6) is 0 Å². The largest absolute Gasteiger partial charge is 0.423 e. The number of hydrogen-bond donors (Lipinski definition) is 1. The molecule has 2 heterocycles. The summed E-state index contributed by atoms with van der Waals surface area (Å²) in [6.07, 6.45) is 1.58. The van der Waals surface area contributed by atoms with E-state index in [-0.39, 0.29) is 12.6 Å². The molecule has 3 aromatic rings. The third-order valence-corrected chi connectivity index (χ3v) is 6.04. The number of nitrogens with one attached hydrogen (secondary N) is 1. The number of hydrogen-bond acceptors (Lipinski definition) is 5. The lowest BCUT2D eigenvalue weighted by atomic mass is 10.2. The molecule has 1 saturated heterocycles. The van der Waals surface area contributed by atoms with Crippen LogP contribution in [0.4, 0.5) is 14.8 Å². The molecule has 1 aliphatic rings. The van der Waals surface area contributed by atoms with Crippen LogP contribution in [-0.4, -0.2) is 32.5 Å². The Morgan fingerprint density at radius 3 is 2.85 bits per heavy atom. The van der Waals surface area contributed by atoms with E-state index in [1.807, 2.05) is 29.2 Å². The molecule has 1 fully saturated rings. The first kappa shape index (κ1) is 17.9. The fourth-order valence-corrected chi connectivity index (χ4v) is 4.41. The van der Waals surface area contributed by atoms with Gasteiger partial charge in [0.05, 0.1) is 0 Å². The SMILES string of the molecule is O=S(=O)(NCC1CCCN1c1nc2ccccc2o1)c1cc(F)ccc1F. The quantitative estimate of drug-likeness (QED) is 0.721. The maximum Gasteiger partial charge on any atom is 0.298 e. The third-order valence-electron chi connectivity index (χ3n) is 4.60. The van der Waals surface area contributed by atoms with E-state index in [0.29, 0.717) is 24.2 Å². The Morgan fingerprint density at radius 2 is 2.04 bits per heavy atom. The van der Waals surface area contributed by atoms with Crippen LogP contribution >= 0.6 is 0 Å². The van der Waals surface area contributed by atoms with E-state index in [1.54, 1.807) is 0 Å². The maximum atomic E-state index is 13.8. The number of benzene rings is 2. The summed E-state index contributed by atoms with van der Waals surface area (Å²) >= 11 is 0. The van der Waals surface area contributed by atoms with Crippen LogP contribution in [-0.2, 0) is 10.0 Å². The van der Waals surface area contributed by atoms with Crippen molar-refractivity contribution in [2.24, 2.45) is 0 Å². The number of nitrogens with zero attached hydrogens (tertiary/aromatic N) is 2. The Labute approximate surface area is 154 Å². The van der Waals surface area contributed by atoms with Crippen molar-refractivity contribution in [3.63, 3.8) is 0 Å². The molecule has 0 saturated carbocycles. The predicted molar refractivity (Wildman–Crippen MR) is 95.9 cm³/mol. The highest BCUT2D eigenvalue weighted by Crippen LogP contribution is 2.28. The van der Waals surface area contributed by atoms with Crippen LogP contribution in [0, 0.1) is 11.6 Å². The highest BCUT2D eigenvalue weighted by Gasteiger charge is 2.30. The second-order valence-corrected chi connectivity index (χ2v) is 8.12. The summed E-state index contributed by atoms with van der Waals surface area (Å²) in [5.74, 6) is -1.81. The molecule has 0 amide bonds. The maximum absolute atomic E-state index is 13.8. The van der Waals surface area contributed by atoms with Gasteiger partial charge in [-0.3, -0.25) is 0 Å². The van der Waals surface area contributed by atoms with Gasteiger partial charge in [-0.05, 0) is 43.2 Å². The molecule has 9 heteroatoms. The number of rotatable bonds is 5. The topological polar surface area (TPSA) is 75.4 Å². The smallest absolute Gasteiger partial charge is 0.298 e. The molecule has 2 aromatic carbocycles. The van der Waals surface area contributed by atoms with E-state index in [4.69, 9.17) is 4.42 Å². The number of oxazole rings is 1. The average Bonchev–Trinajstić information content (AvgIpc) is 3.27. The third kappa shape index (κ3) is 3.52. The van der Waals surface area contributed by atoms with Crippen LogP contribution in [0.1, 0.15) is 12.8 Å². The number of anilines is 1. The van der Waals surface area contributed by atoms with Crippen molar-refractivity contribution in [3.05, 3.63) is 54.1 Å². The summed E-state index contributed by atoms with van der Waals surface area (Å²) < 4.78 is 60.0. The van der Waals surface area contributed by atoms with Gasteiger partial charge in [-0.15, -0.1) is 0 Å². The molecule has 0 radical (unpaired) electrons. The molecular weight excluding hydrogens is 376 g/mol. The minimum Gasteiger partial charge on any atom is -0.423 e. The zero-order chi connectivity index (χ0) is 19.0. The van der Waals surface area contributed by atoms with Crippen molar-refractivity contribution in [3.8, 4) is 0 Å². The van der Waals surface area contributed by atoms with Gasteiger partial charge >= 0.3 is 0 Å². The number of fused-ring (bicyclic) bond motifs is 1. The average molecular weight is 393 g/mol. The second-order valence-electron chi connectivity index (χ2n) is 6.38. The first-order valence-corrected chi connectivity index (χ1v) is 9.99. The minimum atomic E-state index is -4.17. The first-order valence-electron chi connectivity index (χ1n) is 8.51. The van der Waals surface area contributed by atoms with Crippen LogP contribution in [0.15, 0.2) is 51.8 Å². The molecular formula is C18H17F2N3O3S. The minimum absolute atomic E-state index is 0.0387. The van der Waals surface area contributed by atoms with Gasteiger partial charge in [-0.2, -0.15) is 4.98 Å². The molecule has 0 bridgehead atoms. The summed E-state index contributed by atoms with van der Waals surface area (Å²) in [5.41, 5.74) is 1.38. The first-order chi connectivity index (χ1) is 12.9. The van der Waals surface area contributed by atoms with Gasteiger partial charge in [0, 0.05) is 19.1 Å². The van der Waals surface area contributed by atoms with Gasteiger partial charge in [0.25, 0.3) is 6.01 Å². The number of sulfonamides is 1. The van der Waals surface area contributed by atoms with Gasteiger partial charge < -0.3 is 9.32 Å². The summed E-state index contributed by atoms with van der Waals surface area (Å²) in [4.78, 5) is 5.64. The van der Waals surface area contributed by atoms with E-state index < -0.39 is 26.6 Å². The Balaban J connectivity index is 1.52. The van der Waals surface area contributed by atoms with Gasteiger partial charge in [-0.25, -0.2) is 21.9 Å². The van der Waals surface area contributed by atoms with E-state index in [2.05, 4.69) is 9.71 Å². The van der Waals surface area contributed by atoms with E-state index in [0.717, 1.165) is 30.5 Å². The van der Waals surface area contributed by atoms with Crippen molar-refractivity contribution in [2.45, 2.75) is 23.8 Å². The summed E-state index contributed by atoms with van der Waals surface area (Å²) in [5, 5.41) is 0. The molecule has 27 heavy (non-hydrogen) atoms. The van der Waals surface area contributed by atoms with Crippen LogP contribution in [0.25, 0.3) is 11.1 Å². The Kier molecular flexibility index (Phi) is 4.56. The molecule has 1 aromatic heterocycles. The van der Waals surface area contributed by atoms with Crippen molar-refractivity contribution in [1.29, 1.82) is 0 Å². The lowest BCUT2D eigenvalue weighted by Gasteiger charge is -2.23. The van der Waals surface area contributed by atoms with Crippen molar-refractivity contribution >= 4 is 27.1 Å². The molecule has 1 atom stereocenters. The molecule has 4 rings (SSSR count). The molecule has 142 valence electrons. The molecule has 1 N–H and O–H groups in total. The van der Waals surface area contributed by atoms with Gasteiger partial charge in [0.15, 0.2) is 5.58 Å². The molecule has 1 unspecified atom stereocenters. The fraction of sp³-hybridized carbons (Fsp3) is 0.278. The van der Waals surface area contributed by atoms with Crippen molar-refractivity contribution in [2.75, 3.05) is 18.0 Å². The lowest BCUT2D eigenvalue weighted by Crippen LogP contribution is -2.40. The van der Waals surface area contributed by atoms with Gasteiger partial charge in [0.2, 0.25) is 10.0 Å². The van der Waals surface area contributed by atoms with Crippen LogP contribution in [0.3, 0.4) is 0 Å². The van der Waals surface area contributed by atoms with Crippen molar-refractivity contribution < 1.29 is 21.6 Å².